The van der Waals surface area contributed by atoms with Crippen molar-refractivity contribution in [1.29, 1.82) is 0 Å². The minimum atomic E-state index is -0.215. The normalized spacial score (nSPS) is 21.7. The maximum atomic E-state index is 13.0. The molecular weight excluding hydrogens is 303 g/mol. The van der Waals surface area contributed by atoms with Gasteiger partial charge in [-0.25, -0.2) is 4.39 Å². The second kappa shape index (κ2) is 6.18. The minimum absolute atomic E-state index is 0.215. The predicted molar refractivity (Wildman–Crippen MR) is 74.4 cm³/mol. The van der Waals surface area contributed by atoms with Crippen molar-refractivity contribution in [3.8, 4) is 0 Å². The third-order valence-electron chi connectivity index (χ3n) is 3.08. The van der Waals surface area contributed by atoms with Crippen molar-refractivity contribution in [3.05, 3.63) is 34.1 Å². The Hall–Kier alpha value is -0.100. The quantitative estimate of drug-likeness (QED) is 0.662. The standard InChI is InChI=1S/C12H16BrFN2S/c13-10-7-9(14)4-3-8(10)6-11(16-15)12-2-1-5-17-12/h3-4,7,11-12,16H,1-2,5-6,15H2. The Morgan fingerprint density at radius 1 is 1.59 bits per heavy atom. The summed E-state index contributed by atoms with van der Waals surface area (Å²) in [6.45, 7) is 0. The van der Waals surface area contributed by atoms with Crippen molar-refractivity contribution in [2.45, 2.75) is 30.6 Å². The highest BCUT2D eigenvalue weighted by molar-refractivity contribution is 9.10. The SMILES string of the molecule is NNC(Cc1ccc(F)cc1Br)C1CCCS1. The lowest BCUT2D eigenvalue weighted by atomic mass is 10.0. The van der Waals surface area contributed by atoms with Gasteiger partial charge in [0.05, 0.1) is 0 Å². The van der Waals surface area contributed by atoms with Gasteiger partial charge in [0.15, 0.2) is 0 Å². The van der Waals surface area contributed by atoms with Crippen LogP contribution in [0.1, 0.15) is 18.4 Å². The highest BCUT2D eigenvalue weighted by atomic mass is 79.9. The van der Waals surface area contributed by atoms with Gasteiger partial charge in [0.25, 0.3) is 0 Å². The first-order valence-electron chi connectivity index (χ1n) is 5.72. The Bertz CT molecular complexity index is 383. The molecular formula is C12H16BrFN2S. The number of hydrogen-bond acceptors (Lipinski definition) is 3. The van der Waals surface area contributed by atoms with E-state index < -0.39 is 0 Å². The fourth-order valence-electron chi connectivity index (χ4n) is 2.14. The van der Waals surface area contributed by atoms with Crippen molar-refractivity contribution in [3.63, 3.8) is 0 Å². The number of benzene rings is 1. The zero-order valence-electron chi connectivity index (χ0n) is 9.46. The number of rotatable bonds is 4. The number of hydrazine groups is 1. The first-order chi connectivity index (χ1) is 8.20. The van der Waals surface area contributed by atoms with Crippen LogP contribution in [0.15, 0.2) is 22.7 Å². The van der Waals surface area contributed by atoms with Crippen molar-refractivity contribution in [2.75, 3.05) is 5.75 Å². The molecule has 5 heteroatoms. The minimum Gasteiger partial charge on any atom is -0.271 e. The summed E-state index contributed by atoms with van der Waals surface area (Å²) in [6, 6.07) is 5.08. The fourth-order valence-corrected chi connectivity index (χ4v) is 4.03. The Balaban J connectivity index is 2.06. The molecule has 2 rings (SSSR count). The Morgan fingerprint density at radius 2 is 2.41 bits per heavy atom. The number of halogens is 2. The molecule has 2 atom stereocenters. The summed E-state index contributed by atoms with van der Waals surface area (Å²) in [6.07, 6.45) is 3.30. The lowest BCUT2D eigenvalue weighted by molar-refractivity contribution is 0.495. The summed E-state index contributed by atoms with van der Waals surface area (Å²) >= 11 is 5.37. The molecule has 0 radical (unpaired) electrons. The van der Waals surface area contributed by atoms with Gasteiger partial charge in [0.2, 0.25) is 0 Å². The topological polar surface area (TPSA) is 38.0 Å². The molecule has 2 unspecified atom stereocenters. The molecule has 1 heterocycles. The van der Waals surface area contributed by atoms with Crippen LogP contribution in [-0.4, -0.2) is 17.0 Å². The molecule has 1 aliphatic heterocycles. The molecule has 94 valence electrons. The van der Waals surface area contributed by atoms with Crippen LogP contribution in [0.2, 0.25) is 0 Å². The first kappa shape index (κ1) is 13.3. The first-order valence-corrected chi connectivity index (χ1v) is 7.56. The Kier molecular flexibility index (Phi) is 4.85. The van der Waals surface area contributed by atoms with E-state index in [-0.39, 0.29) is 11.9 Å². The Labute approximate surface area is 114 Å². The summed E-state index contributed by atoms with van der Waals surface area (Å²) in [5.74, 6) is 6.63. The molecule has 1 aromatic carbocycles. The summed E-state index contributed by atoms with van der Waals surface area (Å²) in [5, 5.41) is 0.567. The van der Waals surface area contributed by atoms with Crippen LogP contribution in [-0.2, 0) is 6.42 Å². The van der Waals surface area contributed by atoms with Gasteiger partial charge in [-0.3, -0.25) is 11.3 Å². The second-order valence-electron chi connectivity index (χ2n) is 4.26. The van der Waals surface area contributed by atoms with E-state index >= 15 is 0 Å². The molecule has 0 spiro atoms. The van der Waals surface area contributed by atoms with Crippen molar-refractivity contribution in [2.24, 2.45) is 5.84 Å². The van der Waals surface area contributed by atoms with Gasteiger partial charge < -0.3 is 0 Å². The van der Waals surface area contributed by atoms with Crippen molar-refractivity contribution in [1.82, 2.24) is 5.43 Å². The van der Waals surface area contributed by atoms with Crippen LogP contribution < -0.4 is 11.3 Å². The van der Waals surface area contributed by atoms with E-state index in [1.165, 1.54) is 30.7 Å². The van der Waals surface area contributed by atoms with Gasteiger partial charge in [0.1, 0.15) is 5.82 Å². The lowest BCUT2D eigenvalue weighted by Gasteiger charge is -2.22. The predicted octanol–water partition coefficient (Wildman–Crippen LogP) is 2.86. The van der Waals surface area contributed by atoms with Crippen LogP contribution in [0.5, 0.6) is 0 Å². The molecule has 1 saturated heterocycles. The summed E-state index contributed by atoms with van der Waals surface area (Å²) in [5.41, 5.74) is 4.00. The van der Waals surface area contributed by atoms with E-state index in [0.717, 1.165) is 16.5 Å². The van der Waals surface area contributed by atoms with E-state index in [2.05, 4.69) is 21.4 Å². The van der Waals surface area contributed by atoms with Gasteiger partial charge in [-0.2, -0.15) is 11.8 Å². The van der Waals surface area contributed by atoms with Crippen LogP contribution in [0.3, 0.4) is 0 Å². The molecule has 0 bridgehead atoms. The zero-order valence-corrected chi connectivity index (χ0v) is 11.9. The van der Waals surface area contributed by atoms with Gasteiger partial charge in [-0.1, -0.05) is 22.0 Å². The third-order valence-corrected chi connectivity index (χ3v) is 5.34. The van der Waals surface area contributed by atoms with Gasteiger partial charge in [0, 0.05) is 15.8 Å². The van der Waals surface area contributed by atoms with E-state index in [9.17, 15) is 4.39 Å². The average Bonchev–Trinajstić information content (AvgIpc) is 2.81. The highest BCUT2D eigenvalue weighted by Crippen LogP contribution is 2.31. The number of thioether (sulfide) groups is 1. The summed E-state index contributed by atoms with van der Waals surface area (Å²) < 4.78 is 13.8. The second-order valence-corrected chi connectivity index (χ2v) is 6.47. The summed E-state index contributed by atoms with van der Waals surface area (Å²) in [7, 11) is 0. The molecule has 2 nitrogen and oxygen atoms in total. The van der Waals surface area contributed by atoms with Crippen LogP contribution >= 0.6 is 27.7 Å². The van der Waals surface area contributed by atoms with Gasteiger partial charge in [-0.05, 0) is 42.7 Å². The molecule has 17 heavy (non-hydrogen) atoms. The van der Waals surface area contributed by atoms with Crippen molar-refractivity contribution >= 4 is 27.7 Å². The molecule has 0 aliphatic carbocycles. The van der Waals surface area contributed by atoms with E-state index in [1.807, 2.05) is 17.8 Å². The fraction of sp³-hybridized carbons (Fsp3) is 0.500. The molecule has 0 amide bonds. The average molecular weight is 319 g/mol. The lowest BCUT2D eigenvalue weighted by Crippen LogP contribution is -2.43. The molecule has 3 N–H and O–H groups in total. The number of hydrogen-bond donors (Lipinski definition) is 2. The van der Waals surface area contributed by atoms with Crippen molar-refractivity contribution < 1.29 is 4.39 Å². The van der Waals surface area contributed by atoms with E-state index in [1.54, 1.807) is 0 Å². The number of nitrogens with two attached hydrogens (primary N) is 1. The monoisotopic (exact) mass is 318 g/mol. The molecule has 1 aromatic rings. The van der Waals surface area contributed by atoms with Gasteiger partial charge >= 0.3 is 0 Å². The maximum Gasteiger partial charge on any atom is 0.124 e. The zero-order chi connectivity index (χ0) is 12.3. The van der Waals surface area contributed by atoms with Crippen LogP contribution in [0.25, 0.3) is 0 Å². The molecule has 1 aliphatic rings. The van der Waals surface area contributed by atoms with Crippen LogP contribution in [0.4, 0.5) is 4.39 Å². The van der Waals surface area contributed by atoms with E-state index in [0.29, 0.717) is 5.25 Å². The largest absolute Gasteiger partial charge is 0.271 e. The van der Waals surface area contributed by atoms with Gasteiger partial charge in [-0.15, -0.1) is 0 Å². The number of nitrogens with one attached hydrogen (secondary N) is 1. The van der Waals surface area contributed by atoms with E-state index in [4.69, 9.17) is 5.84 Å². The highest BCUT2D eigenvalue weighted by Gasteiger charge is 2.25. The summed E-state index contributed by atoms with van der Waals surface area (Å²) in [4.78, 5) is 0. The maximum absolute atomic E-state index is 13.0. The molecule has 0 saturated carbocycles. The third kappa shape index (κ3) is 3.44. The Morgan fingerprint density at radius 3 is 3.00 bits per heavy atom. The smallest absolute Gasteiger partial charge is 0.124 e. The molecule has 1 fully saturated rings. The van der Waals surface area contributed by atoms with Crippen LogP contribution in [0, 0.1) is 5.82 Å². The molecule has 0 aromatic heterocycles.